The molecule has 4 rings (SSSR count). The molecule has 3 heterocycles. The summed E-state index contributed by atoms with van der Waals surface area (Å²) in [6.45, 7) is 5.95. The number of fused-ring (bicyclic) bond motifs is 1. The topological polar surface area (TPSA) is 122 Å². The van der Waals surface area contributed by atoms with Gasteiger partial charge in [0.15, 0.2) is 0 Å². The number of piperazine rings is 1. The van der Waals surface area contributed by atoms with Gasteiger partial charge in [-0.2, -0.15) is 4.31 Å². The second kappa shape index (κ2) is 10.5. The van der Waals surface area contributed by atoms with E-state index in [4.69, 9.17) is 33.9 Å². The van der Waals surface area contributed by atoms with Gasteiger partial charge >= 0.3 is 0 Å². The fraction of sp³-hybridized carbons (Fsp3) is 0.409. The lowest BCUT2D eigenvalue weighted by atomic mass is 10.0. The van der Waals surface area contributed by atoms with Gasteiger partial charge in [-0.3, -0.25) is 9.69 Å². The van der Waals surface area contributed by atoms with E-state index >= 15 is 0 Å². The van der Waals surface area contributed by atoms with Crippen molar-refractivity contribution in [2.75, 3.05) is 31.5 Å². The summed E-state index contributed by atoms with van der Waals surface area (Å²) in [4.78, 5) is 23.4. The number of amides is 1. The van der Waals surface area contributed by atoms with Gasteiger partial charge in [0.25, 0.3) is 10.0 Å². The molecule has 1 atom stereocenters. The molecule has 1 amide bonds. The molecule has 35 heavy (non-hydrogen) atoms. The minimum absolute atomic E-state index is 0.0205. The molecule has 1 fully saturated rings. The summed E-state index contributed by atoms with van der Waals surface area (Å²) in [5.74, 6) is 0.657. The third kappa shape index (κ3) is 5.71. The Morgan fingerprint density at radius 3 is 2.46 bits per heavy atom. The monoisotopic (exact) mass is 556 g/mol. The number of hydrogen-bond acceptors (Lipinski definition) is 8. The highest BCUT2D eigenvalue weighted by molar-refractivity contribution is 7.91. The molecular weight excluding hydrogens is 531 g/mol. The number of rotatable bonds is 8. The zero-order valence-corrected chi connectivity index (χ0v) is 22.4. The van der Waals surface area contributed by atoms with Crippen molar-refractivity contribution in [2.24, 2.45) is 11.7 Å². The lowest BCUT2D eigenvalue weighted by molar-refractivity contribution is -0.119. The highest BCUT2D eigenvalue weighted by Gasteiger charge is 2.31. The largest absolute Gasteiger partial charge is 0.368 e. The van der Waals surface area contributed by atoms with Gasteiger partial charge in [0.1, 0.15) is 26.2 Å². The summed E-state index contributed by atoms with van der Waals surface area (Å²) < 4.78 is 27.7. The number of carbonyl (C=O) groups excluding carboxylic acids is 1. The van der Waals surface area contributed by atoms with Gasteiger partial charge in [0.2, 0.25) is 5.91 Å². The number of thiophene rings is 1. The SMILES string of the molecule is CC(C)[C@H](Nc1nc(CN2CCN(S(=O)(=O)c3cc(Cl)c(Cl)s3)CC2)nc2ccccc12)C(N)=O. The fourth-order valence-corrected chi connectivity index (χ4v) is 7.39. The number of carbonyl (C=O) groups is 1. The molecule has 3 N–H and O–H groups in total. The van der Waals surface area contributed by atoms with Gasteiger partial charge in [0.05, 0.1) is 17.1 Å². The van der Waals surface area contributed by atoms with Crippen molar-refractivity contribution in [2.45, 2.75) is 30.6 Å². The second-order valence-electron chi connectivity index (χ2n) is 8.64. The molecule has 1 aliphatic rings. The third-order valence-corrected chi connectivity index (χ3v) is 10.0. The lowest BCUT2D eigenvalue weighted by Crippen LogP contribution is -2.48. The number of hydrogen-bond donors (Lipinski definition) is 2. The molecule has 0 unspecified atom stereocenters. The zero-order valence-electron chi connectivity index (χ0n) is 19.2. The summed E-state index contributed by atoms with van der Waals surface area (Å²) in [7, 11) is -3.65. The number of aromatic nitrogens is 2. The first-order valence-electron chi connectivity index (χ1n) is 11.0. The Morgan fingerprint density at radius 1 is 1.17 bits per heavy atom. The second-order valence-corrected chi connectivity index (χ2v) is 12.9. The Labute approximate surface area is 218 Å². The van der Waals surface area contributed by atoms with E-state index in [0.717, 1.165) is 22.2 Å². The Hall–Kier alpha value is -2.02. The van der Waals surface area contributed by atoms with Gasteiger partial charge in [-0.05, 0) is 24.1 Å². The molecule has 9 nitrogen and oxygen atoms in total. The number of nitrogens with two attached hydrogens (primary N) is 1. The standard InChI is InChI=1S/C22H26Cl2N6O3S2/c1-13(2)19(21(25)31)28-22-14-5-3-4-6-16(14)26-17(27-22)12-29-7-9-30(10-8-29)35(32,33)18-11-15(23)20(24)34-18/h3-6,11,13,19H,7-10,12H2,1-2H3,(H2,25,31)(H,26,27,28)/t19-/m0/s1. The molecule has 188 valence electrons. The highest BCUT2D eigenvalue weighted by atomic mass is 35.5. The zero-order chi connectivity index (χ0) is 25.3. The van der Waals surface area contributed by atoms with Crippen LogP contribution in [0.1, 0.15) is 19.7 Å². The van der Waals surface area contributed by atoms with E-state index in [1.165, 1.54) is 10.4 Å². The van der Waals surface area contributed by atoms with Crippen molar-refractivity contribution in [1.82, 2.24) is 19.2 Å². The summed E-state index contributed by atoms with van der Waals surface area (Å²) in [5, 5.41) is 4.24. The van der Waals surface area contributed by atoms with Crippen LogP contribution >= 0.6 is 34.5 Å². The summed E-state index contributed by atoms with van der Waals surface area (Å²) >= 11 is 12.9. The first kappa shape index (κ1) is 26.1. The van der Waals surface area contributed by atoms with Crippen LogP contribution in [0.4, 0.5) is 5.82 Å². The van der Waals surface area contributed by atoms with E-state index in [1.807, 2.05) is 38.1 Å². The van der Waals surface area contributed by atoms with Crippen LogP contribution in [0.15, 0.2) is 34.5 Å². The summed E-state index contributed by atoms with van der Waals surface area (Å²) in [6.07, 6.45) is 0. The first-order chi connectivity index (χ1) is 16.6. The molecule has 1 aromatic carbocycles. The Bertz CT molecular complexity index is 1320. The van der Waals surface area contributed by atoms with Crippen LogP contribution in [0.5, 0.6) is 0 Å². The van der Waals surface area contributed by atoms with Crippen molar-refractivity contribution in [3.05, 3.63) is 45.5 Å². The minimum atomic E-state index is -3.65. The normalized spacial score (nSPS) is 16.6. The molecule has 13 heteroatoms. The average molecular weight is 558 g/mol. The fourth-order valence-electron chi connectivity index (χ4n) is 3.93. The van der Waals surface area contributed by atoms with Gasteiger partial charge in [-0.15, -0.1) is 11.3 Å². The number of para-hydroxylation sites is 1. The van der Waals surface area contributed by atoms with E-state index in [2.05, 4.69) is 15.2 Å². The molecule has 0 saturated carbocycles. The quantitative estimate of drug-likeness (QED) is 0.435. The smallest absolute Gasteiger partial charge is 0.252 e. The Kier molecular flexibility index (Phi) is 7.84. The number of benzene rings is 1. The summed E-state index contributed by atoms with van der Waals surface area (Å²) in [6, 6.07) is 8.38. The van der Waals surface area contributed by atoms with Crippen molar-refractivity contribution < 1.29 is 13.2 Å². The Balaban J connectivity index is 1.50. The van der Waals surface area contributed by atoms with Gasteiger partial charge in [0, 0.05) is 31.6 Å². The van der Waals surface area contributed by atoms with Crippen molar-refractivity contribution in [3.63, 3.8) is 0 Å². The van der Waals surface area contributed by atoms with Crippen LogP contribution < -0.4 is 11.1 Å². The van der Waals surface area contributed by atoms with E-state index in [1.54, 1.807) is 0 Å². The van der Waals surface area contributed by atoms with E-state index in [-0.39, 0.29) is 19.5 Å². The first-order valence-corrected chi connectivity index (χ1v) is 14.1. The van der Waals surface area contributed by atoms with Crippen molar-refractivity contribution in [1.29, 1.82) is 0 Å². The van der Waals surface area contributed by atoms with Crippen molar-refractivity contribution in [3.8, 4) is 0 Å². The van der Waals surface area contributed by atoms with Gasteiger partial charge < -0.3 is 11.1 Å². The number of halogens is 2. The number of nitrogens with one attached hydrogen (secondary N) is 1. The maximum absolute atomic E-state index is 13.0. The summed E-state index contributed by atoms with van der Waals surface area (Å²) in [5.41, 5.74) is 6.35. The predicted molar refractivity (Wildman–Crippen MR) is 139 cm³/mol. The van der Waals surface area contributed by atoms with E-state index in [0.29, 0.717) is 44.4 Å². The highest BCUT2D eigenvalue weighted by Crippen LogP contribution is 2.36. The van der Waals surface area contributed by atoms with Gasteiger partial charge in [-0.25, -0.2) is 18.4 Å². The number of sulfonamides is 1. The molecule has 2 aromatic heterocycles. The predicted octanol–water partition coefficient (Wildman–Crippen LogP) is 3.43. The molecule has 0 radical (unpaired) electrons. The molecule has 0 aliphatic carbocycles. The van der Waals surface area contributed by atoms with Gasteiger partial charge in [-0.1, -0.05) is 49.2 Å². The Morgan fingerprint density at radius 2 is 1.86 bits per heavy atom. The van der Waals surface area contributed by atoms with Crippen LogP contribution in [-0.4, -0.2) is 65.7 Å². The maximum atomic E-state index is 13.0. The van der Waals surface area contributed by atoms with Crippen LogP contribution in [0, 0.1) is 5.92 Å². The number of nitrogens with zero attached hydrogens (tertiary/aromatic N) is 4. The third-order valence-electron chi connectivity index (χ3n) is 5.83. The molecule has 1 saturated heterocycles. The van der Waals surface area contributed by atoms with Crippen LogP contribution in [0.2, 0.25) is 9.36 Å². The number of primary amides is 1. The average Bonchev–Trinajstić information content (AvgIpc) is 3.16. The van der Waals surface area contributed by atoms with E-state index < -0.39 is 22.0 Å². The maximum Gasteiger partial charge on any atom is 0.252 e. The lowest BCUT2D eigenvalue weighted by Gasteiger charge is -2.33. The minimum Gasteiger partial charge on any atom is -0.368 e. The van der Waals surface area contributed by atoms with Crippen LogP contribution in [0.25, 0.3) is 10.9 Å². The molecule has 1 aliphatic heterocycles. The van der Waals surface area contributed by atoms with E-state index in [9.17, 15) is 13.2 Å². The molecular formula is C22H26Cl2N6O3S2. The molecule has 0 spiro atoms. The molecule has 0 bridgehead atoms. The number of anilines is 1. The molecule has 3 aromatic rings. The van der Waals surface area contributed by atoms with Crippen LogP contribution in [0.3, 0.4) is 0 Å². The van der Waals surface area contributed by atoms with Crippen molar-refractivity contribution >= 4 is 67.2 Å². The van der Waals surface area contributed by atoms with Crippen LogP contribution in [-0.2, 0) is 21.4 Å².